The first-order valence-corrected chi connectivity index (χ1v) is 11.2. The van der Waals surface area contributed by atoms with Crippen LogP contribution in [0.25, 0.3) is 0 Å². The van der Waals surface area contributed by atoms with Gasteiger partial charge in [0.05, 0.1) is 22.5 Å². The van der Waals surface area contributed by atoms with Crippen LogP contribution in [0.15, 0.2) is 79.8 Å². The van der Waals surface area contributed by atoms with Crippen LogP contribution >= 0.6 is 0 Å². The van der Waals surface area contributed by atoms with E-state index >= 15 is 0 Å². The molecule has 2 radical (unpaired) electrons. The van der Waals surface area contributed by atoms with Crippen molar-refractivity contribution in [3.63, 3.8) is 0 Å². The largest absolute Gasteiger partial charge is 2.00 e. The van der Waals surface area contributed by atoms with E-state index in [1.807, 2.05) is 0 Å². The Kier molecular flexibility index (Phi) is 25.4. The zero-order valence-electron chi connectivity index (χ0n) is 23.9. The number of aromatic carboxylic acids is 2. The number of carboxylic acid groups (broad SMARTS) is 2. The first-order chi connectivity index (χ1) is 19.6. The number of hydrogen-bond donors (Lipinski definition) is 4. The third kappa shape index (κ3) is 16.3. The summed E-state index contributed by atoms with van der Waals surface area (Å²) >= 11 is 0. The van der Waals surface area contributed by atoms with Crippen LogP contribution in [0.2, 0.25) is 0 Å². The number of rotatable bonds is 8. The maximum absolute atomic E-state index is 11.5. The molecule has 18 heteroatoms. The minimum absolute atomic E-state index is 0. The van der Waals surface area contributed by atoms with Gasteiger partial charge in [-0.05, 0) is 24.3 Å². The van der Waals surface area contributed by atoms with Crippen LogP contribution in [-0.4, -0.2) is 58.2 Å². The molecule has 0 saturated carbocycles. The van der Waals surface area contributed by atoms with Gasteiger partial charge < -0.3 is 40.9 Å². The van der Waals surface area contributed by atoms with Crippen LogP contribution in [0.1, 0.15) is 48.4 Å². The zero-order valence-corrected chi connectivity index (χ0v) is 25.8. The number of Topliss-reactive ketones (excluding diaryl/α,β-unsaturated/α-hetero) is 2. The Morgan fingerprint density at radius 2 is 0.864 bits per heavy atom. The van der Waals surface area contributed by atoms with E-state index in [2.05, 4.69) is 20.5 Å². The molecule has 44 heavy (non-hydrogen) atoms. The zero-order chi connectivity index (χ0) is 33.2. The van der Waals surface area contributed by atoms with Crippen molar-refractivity contribution in [3.8, 4) is 11.5 Å². The summed E-state index contributed by atoms with van der Waals surface area (Å²) in [5.74, 6) is -6.04. The monoisotopic (exact) mass is 714 g/mol. The molecule has 2 aromatic rings. The fraction of sp³-hybridized carbons (Fsp3) is 0.231. The van der Waals surface area contributed by atoms with Gasteiger partial charge in [-0.3, -0.25) is 9.59 Å². The van der Waals surface area contributed by atoms with E-state index in [0.717, 1.165) is 66.2 Å². The van der Waals surface area contributed by atoms with Gasteiger partial charge in [-0.1, -0.05) is 37.5 Å². The van der Waals surface area contributed by atoms with Crippen LogP contribution < -0.4 is 20.4 Å². The summed E-state index contributed by atoms with van der Waals surface area (Å²) in [6.45, 7) is 4.62. The van der Waals surface area contributed by atoms with Gasteiger partial charge in [-0.2, -0.15) is 10.2 Å². The number of carbonyl (C=O) groups excluding carboxylic acids is 2. The molecule has 0 amide bonds. The van der Waals surface area contributed by atoms with E-state index in [0.29, 0.717) is 0 Å². The van der Waals surface area contributed by atoms with Crippen LogP contribution in [0.4, 0.5) is 11.4 Å². The van der Waals surface area contributed by atoms with E-state index in [9.17, 15) is 39.6 Å². The summed E-state index contributed by atoms with van der Waals surface area (Å²) < 4.78 is 0. The molecule has 0 heterocycles. The van der Waals surface area contributed by atoms with E-state index in [1.54, 1.807) is 0 Å². The SMILES string of the molecule is CC(=O)/C(N=Nc1ccc(C(=O)O)cc1[O-])=C(\C)[O-].CC(=O)/C(N=Nc1ccc(C(=O)O)cc1[O-])=C(\C)[O-].CO.CO.[Cu+2].[Cu+2]. The number of carboxylic acids is 2. The molecule has 4 N–H and O–H groups in total. The maximum Gasteiger partial charge on any atom is 2.00 e. The molecular formula is C26H28Cu2N4O12. The predicted octanol–water partition coefficient (Wildman–Crippen LogP) is 0.658. The summed E-state index contributed by atoms with van der Waals surface area (Å²) in [4.78, 5) is 43.4. The molecule has 246 valence electrons. The van der Waals surface area contributed by atoms with Crippen molar-refractivity contribution in [2.45, 2.75) is 27.7 Å². The van der Waals surface area contributed by atoms with Gasteiger partial charge in [0.25, 0.3) is 0 Å². The third-order valence-electron chi connectivity index (χ3n) is 4.26. The Bertz CT molecular complexity index is 1290. The Labute approximate surface area is 272 Å². The topological polar surface area (TPSA) is 291 Å². The molecule has 0 aliphatic rings. The second-order valence-corrected chi connectivity index (χ2v) is 7.30. The first kappa shape index (κ1) is 46.5. The van der Waals surface area contributed by atoms with Crippen LogP contribution in [0.3, 0.4) is 0 Å². The molecule has 0 aliphatic heterocycles. The molecule has 0 atom stereocenters. The minimum atomic E-state index is -1.24. The fourth-order valence-corrected chi connectivity index (χ4v) is 2.44. The number of benzene rings is 2. The average Bonchev–Trinajstić information content (AvgIpc) is 2.92. The van der Waals surface area contributed by atoms with Crippen molar-refractivity contribution in [2.24, 2.45) is 20.5 Å². The van der Waals surface area contributed by atoms with Crippen LogP contribution in [0.5, 0.6) is 11.5 Å². The van der Waals surface area contributed by atoms with Gasteiger partial charge in [0.15, 0.2) is 11.6 Å². The molecule has 2 aromatic carbocycles. The summed E-state index contributed by atoms with van der Waals surface area (Å²) in [6.07, 6.45) is 0. The molecule has 2 rings (SSSR count). The van der Waals surface area contributed by atoms with Gasteiger partial charge in [0.2, 0.25) is 0 Å². The van der Waals surface area contributed by atoms with E-state index < -0.39 is 46.5 Å². The van der Waals surface area contributed by atoms with E-state index in [4.69, 9.17) is 20.4 Å². The van der Waals surface area contributed by atoms with Crippen molar-refractivity contribution in [3.05, 3.63) is 70.4 Å². The molecule has 0 fully saturated rings. The normalized spacial score (nSPS) is 10.9. The number of azo groups is 2. The summed E-state index contributed by atoms with van der Waals surface area (Å²) in [6, 6.07) is 6.45. The quantitative estimate of drug-likeness (QED) is 0.127. The number of ketones is 2. The molecule has 0 bridgehead atoms. The molecule has 0 saturated heterocycles. The number of aliphatic hydroxyl groups excluding tert-OH is 2. The van der Waals surface area contributed by atoms with E-state index in [1.165, 1.54) is 12.1 Å². The van der Waals surface area contributed by atoms with Gasteiger partial charge >= 0.3 is 46.1 Å². The Hall–Kier alpha value is -4.44. The van der Waals surface area contributed by atoms with Gasteiger partial charge in [-0.15, -0.1) is 21.7 Å². The standard InChI is InChI=1S/2C12H12N2O5.2CH4O.2Cu/c2*1-6(15)11(7(2)16)14-13-9-4-3-8(12(18)19)5-10(9)17;2*1-2;;/h2*3-5,15,17H,1-2H3,(H,18,19);2*2H,1H3;;/q;;;;2*+2/p-4/b2*11-6-,14-13?;;;;. The second-order valence-electron chi connectivity index (χ2n) is 7.30. The smallest absolute Gasteiger partial charge is 0.874 e. The first-order valence-electron chi connectivity index (χ1n) is 11.2. The van der Waals surface area contributed by atoms with E-state index in [-0.39, 0.29) is 68.0 Å². The minimum Gasteiger partial charge on any atom is -0.874 e. The van der Waals surface area contributed by atoms with Gasteiger partial charge in [0, 0.05) is 28.1 Å². The van der Waals surface area contributed by atoms with Crippen LogP contribution in [0, 0.1) is 0 Å². The number of carbonyl (C=O) groups is 4. The molecular weight excluding hydrogens is 687 g/mol. The van der Waals surface area contributed by atoms with Crippen molar-refractivity contribution < 1.29 is 94.2 Å². The average molecular weight is 716 g/mol. The van der Waals surface area contributed by atoms with Crippen LogP contribution in [-0.2, 0) is 43.7 Å². The van der Waals surface area contributed by atoms with Crippen molar-refractivity contribution in [2.75, 3.05) is 14.2 Å². The van der Waals surface area contributed by atoms with Gasteiger partial charge in [-0.25, -0.2) is 9.59 Å². The second kappa shape index (κ2) is 24.0. The number of allylic oxidation sites excluding steroid dienone is 4. The Morgan fingerprint density at radius 3 is 1.05 bits per heavy atom. The van der Waals surface area contributed by atoms with Gasteiger partial charge in [0.1, 0.15) is 11.4 Å². The number of aliphatic hydroxyl groups is 2. The molecule has 0 spiro atoms. The summed E-state index contributed by atoms with van der Waals surface area (Å²) in [5.41, 5.74) is -1.39. The number of nitrogens with zero attached hydrogens (tertiary/aromatic N) is 4. The fourth-order valence-electron chi connectivity index (χ4n) is 2.44. The molecule has 0 aliphatic carbocycles. The van der Waals surface area contributed by atoms with Crippen molar-refractivity contribution >= 4 is 34.9 Å². The Morgan fingerprint density at radius 1 is 0.591 bits per heavy atom. The molecule has 0 unspecified atom stereocenters. The van der Waals surface area contributed by atoms with Crippen molar-refractivity contribution in [1.29, 1.82) is 0 Å². The molecule has 16 nitrogen and oxygen atoms in total. The Balaban J connectivity index is -0.000000314. The number of hydrogen-bond acceptors (Lipinski definition) is 14. The maximum atomic E-state index is 11.5. The predicted molar refractivity (Wildman–Crippen MR) is 138 cm³/mol. The summed E-state index contributed by atoms with van der Waals surface area (Å²) in [7, 11) is 2.00. The molecule has 0 aromatic heterocycles. The van der Waals surface area contributed by atoms with Crippen molar-refractivity contribution in [1.82, 2.24) is 0 Å². The third-order valence-corrected chi connectivity index (χ3v) is 4.26. The summed E-state index contributed by atoms with van der Waals surface area (Å²) in [5, 5.41) is 90.3.